The number of aryl methyl sites for hydroxylation is 1. The molecule has 3 aliphatic carbocycles. The van der Waals surface area contributed by atoms with E-state index in [1.165, 1.54) is 76.3 Å². The zero-order valence-corrected chi connectivity index (χ0v) is 21.6. The Labute approximate surface area is 210 Å². The van der Waals surface area contributed by atoms with E-state index in [0.717, 1.165) is 48.5 Å². The number of benzene rings is 1. The van der Waals surface area contributed by atoms with Gasteiger partial charge < -0.3 is 4.74 Å². The highest BCUT2D eigenvalue weighted by Crippen LogP contribution is 2.46. The molecule has 0 N–H and O–H groups in total. The van der Waals surface area contributed by atoms with Crippen LogP contribution in [0.3, 0.4) is 0 Å². The summed E-state index contributed by atoms with van der Waals surface area (Å²) in [6, 6.07) is 4.06. The molecule has 3 aliphatic rings. The smallest absolute Gasteiger partial charge is 0.397 e. The van der Waals surface area contributed by atoms with Crippen LogP contribution >= 0.6 is 0 Å². The van der Waals surface area contributed by atoms with Crippen LogP contribution in [0.1, 0.15) is 102 Å². The van der Waals surface area contributed by atoms with E-state index in [1.807, 2.05) is 6.92 Å². The van der Waals surface area contributed by atoms with Crippen molar-refractivity contribution in [3.8, 4) is 5.75 Å². The van der Waals surface area contributed by atoms with E-state index in [9.17, 15) is 13.2 Å². The first kappa shape index (κ1) is 26.6. The molecule has 0 spiro atoms. The van der Waals surface area contributed by atoms with Crippen molar-refractivity contribution in [1.82, 2.24) is 0 Å². The molecule has 0 bridgehead atoms. The number of alkyl halides is 2. The Kier molecular flexibility index (Phi) is 9.27. The molecule has 196 valence electrons. The SMILES string of the molecule is C=CC1CCC(C2CCC(C3CCC(CCC(F)(F)Oc4ccc(CC)c(F)c4)CC3)CC2)CC1. The number of halogens is 3. The van der Waals surface area contributed by atoms with E-state index >= 15 is 0 Å². The van der Waals surface area contributed by atoms with Gasteiger partial charge in [-0.25, -0.2) is 4.39 Å². The van der Waals surface area contributed by atoms with Gasteiger partial charge in [0.2, 0.25) is 0 Å². The highest BCUT2D eigenvalue weighted by Gasteiger charge is 2.36. The maximum absolute atomic E-state index is 14.4. The van der Waals surface area contributed by atoms with Crippen LogP contribution in [0.4, 0.5) is 13.2 Å². The molecular weight excluding hydrogens is 445 g/mol. The summed E-state index contributed by atoms with van der Waals surface area (Å²) >= 11 is 0. The van der Waals surface area contributed by atoms with Crippen LogP contribution in [0.5, 0.6) is 5.75 Å². The number of hydrogen-bond donors (Lipinski definition) is 0. The minimum atomic E-state index is -3.25. The van der Waals surface area contributed by atoms with Crippen molar-refractivity contribution in [2.24, 2.45) is 35.5 Å². The van der Waals surface area contributed by atoms with Gasteiger partial charge in [0.1, 0.15) is 11.6 Å². The van der Waals surface area contributed by atoms with E-state index in [0.29, 0.717) is 24.3 Å². The molecule has 1 aromatic rings. The molecule has 0 amide bonds. The zero-order valence-electron chi connectivity index (χ0n) is 21.6. The average molecular weight is 491 g/mol. The van der Waals surface area contributed by atoms with Gasteiger partial charge in [0.25, 0.3) is 0 Å². The molecule has 0 radical (unpaired) electrons. The molecule has 0 atom stereocenters. The van der Waals surface area contributed by atoms with Crippen LogP contribution < -0.4 is 4.74 Å². The van der Waals surface area contributed by atoms with E-state index in [4.69, 9.17) is 4.74 Å². The van der Waals surface area contributed by atoms with Gasteiger partial charge in [-0.2, -0.15) is 8.78 Å². The molecule has 0 saturated heterocycles. The largest absolute Gasteiger partial charge is 0.432 e. The van der Waals surface area contributed by atoms with E-state index in [1.54, 1.807) is 0 Å². The Morgan fingerprint density at radius 1 is 0.857 bits per heavy atom. The Balaban J connectivity index is 1.15. The van der Waals surface area contributed by atoms with Gasteiger partial charge in [0, 0.05) is 6.07 Å². The molecule has 4 rings (SSSR count). The van der Waals surface area contributed by atoms with Crippen molar-refractivity contribution in [1.29, 1.82) is 0 Å². The first-order valence-corrected chi connectivity index (χ1v) is 14.3. The number of rotatable bonds is 9. The Morgan fingerprint density at radius 2 is 1.37 bits per heavy atom. The van der Waals surface area contributed by atoms with Gasteiger partial charge >= 0.3 is 6.11 Å². The second-order valence-corrected chi connectivity index (χ2v) is 11.8. The molecule has 0 aliphatic heterocycles. The first-order chi connectivity index (χ1) is 16.9. The van der Waals surface area contributed by atoms with E-state index in [-0.39, 0.29) is 12.2 Å². The van der Waals surface area contributed by atoms with Crippen LogP contribution in [0.2, 0.25) is 0 Å². The predicted molar refractivity (Wildman–Crippen MR) is 137 cm³/mol. The third-order valence-electron chi connectivity index (χ3n) is 9.71. The minimum absolute atomic E-state index is 0.0854. The highest BCUT2D eigenvalue weighted by molar-refractivity contribution is 5.29. The maximum Gasteiger partial charge on any atom is 0.397 e. The van der Waals surface area contributed by atoms with Crippen LogP contribution in [0.25, 0.3) is 0 Å². The van der Waals surface area contributed by atoms with Crippen LogP contribution in [-0.2, 0) is 6.42 Å². The second kappa shape index (κ2) is 12.2. The van der Waals surface area contributed by atoms with Crippen molar-refractivity contribution < 1.29 is 17.9 Å². The summed E-state index contributed by atoms with van der Waals surface area (Å²) in [5.74, 6) is 4.06. The van der Waals surface area contributed by atoms with Crippen LogP contribution in [0, 0.1) is 41.3 Å². The lowest BCUT2D eigenvalue weighted by Gasteiger charge is -2.41. The summed E-state index contributed by atoms with van der Waals surface area (Å²) in [5.41, 5.74) is 0.515. The van der Waals surface area contributed by atoms with Crippen molar-refractivity contribution in [3.05, 3.63) is 42.2 Å². The summed E-state index contributed by atoms with van der Waals surface area (Å²) in [6.07, 6.45) is 15.2. The first-order valence-electron chi connectivity index (χ1n) is 14.3. The lowest BCUT2D eigenvalue weighted by molar-refractivity contribution is -0.183. The molecule has 1 nitrogen and oxygen atoms in total. The fourth-order valence-corrected chi connectivity index (χ4v) is 7.36. The third-order valence-corrected chi connectivity index (χ3v) is 9.71. The highest BCUT2D eigenvalue weighted by atomic mass is 19.3. The molecule has 3 fully saturated rings. The van der Waals surface area contributed by atoms with E-state index < -0.39 is 11.9 Å². The molecule has 4 heteroatoms. The molecular formula is C31H45F3O. The fraction of sp³-hybridized carbons (Fsp3) is 0.742. The van der Waals surface area contributed by atoms with Gasteiger partial charge in [0.15, 0.2) is 0 Å². The summed E-state index contributed by atoms with van der Waals surface area (Å²) in [6.45, 7) is 5.82. The number of hydrogen-bond acceptors (Lipinski definition) is 1. The quantitative estimate of drug-likeness (QED) is 0.313. The van der Waals surface area contributed by atoms with Crippen molar-refractivity contribution in [2.75, 3.05) is 0 Å². The maximum atomic E-state index is 14.4. The predicted octanol–water partition coefficient (Wildman–Crippen LogP) is 9.75. The molecule has 3 saturated carbocycles. The summed E-state index contributed by atoms with van der Waals surface area (Å²) in [4.78, 5) is 0. The monoisotopic (exact) mass is 490 g/mol. The van der Waals surface area contributed by atoms with Gasteiger partial charge in [-0.3, -0.25) is 0 Å². The van der Waals surface area contributed by atoms with Gasteiger partial charge in [0.05, 0.1) is 6.42 Å². The third kappa shape index (κ3) is 7.29. The summed E-state index contributed by atoms with van der Waals surface area (Å²) in [5, 5.41) is 0. The molecule has 0 heterocycles. The molecule has 0 aromatic heterocycles. The minimum Gasteiger partial charge on any atom is -0.432 e. The normalized spacial score (nSPS) is 32.2. The lowest BCUT2D eigenvalue weighted by Crippen LogP contribution is -2.30. The Hall–Kier alpha value is -1.45. The molecule has 35 heavy (non-hydrogen) atoms. The lowest BCUT2D eigenvalue weighted by atomic mass is 9.65. The van der Waals surface area contributed by atoms with Crippen molar-refractivity contribution >= 4 is 0 Å². The average Bonchev–Trinajstić information content (AvgIpc) is 2.88. The van der Waals surface area contributed by atoms with Crippen molar-refractivity contribution in [3.63, 3.8) is 0 Å². The zero-order chi connectivity index (χ0) is 24.8. The standard InChI is InChI=1S/C31H45F3O/c1-3-22-5-9-25(10-6-22)27-13-15-28(16-14-27)26-11-7-23(8-12-26)19-20-31(33,34)35-29-18-17-24(4-2)30(32)21-29/h3,17-18,21-23,25-28H,1,4-16,19-20H2,2H3. The van der Waals surface area contributed by atoms with Gasteiger partial charge in [-0.05, 0) is 124 Å². The fourth-order valence-electron chi connectivity index (χ4n) is 7.36. The Morgan fingerprint density at radius 3 is 1.86 bits per heavy atom. The van der Waals surface area contributed by atoms with Crippen LogP contribution in [-0.4, -0.2) is 6.11 Å². The van der Waals surface area contributed by atoms with Gasteiger partial charge in [-0.1, -0.05) is 31.9 Å². The molecule has 1 aromatic carbocycles. The number of ether oxygens (including phenoxy) is 1. The van der Waals surface area contributed by atoms with Crippen LogP contribution in [0.15, 0.2) is 30.9 Å². The van der Waals surface area contributed by atoms with Crippen molar-refractivity contribution in [2.45, 2.75) is 109 Å². The van der Waals surface area contributed by atoms with Gasteiger partial charge in [-0.15, -0.1) is 6.58 Å². The second-order valence-electron chi connectivity index (χ2n) is 11.8. The van der Waals surface area contributed by atoms with E-state index in [2.05, 4.69) is 12.7 Å². The molecule has 0 unspecified atom stereocenters. The topological polar surface area (TPSA) is 9.23 Å². The summed E-state index contributed by atoms with van der Waals surface area (Å²) in [7, 11) is 0. The summed E-state index contributed by atoms with van der Waals surface area (Å²) < 4.78 is 47.6. The Bertz CT molecular complexity index is 797. The number of allylic oxidation sites excluding steroid dienone is 1.